The third kappa shape index (κ3) is 2.89. The third-order valence-electron chi connectivity index (χ3n) is 3.94. The Morgan fingerprint density at radius 3 is 2.72 bits per heavy atom. The van der Waals surface area contributed by atoms with Crippen LogP contribution in [0.15, 0.2) is 43.1 Å². The first-order valence-corrected chi connectivity index (χ1v) is 7.72. The number of carbonyl (C=O) groups is 1. The summed E-state index contributed by atoms with van der Waals surface area (Å²) in [6, 6.07) is 7.80. The first kappa shape index (κ1) is 15.1. The molecule has 8 nitrogen and oxygen atoms in total. The third-order valence-corrected chi connectivity index (χ3v) is 3.94. The second-order valence-electron chi connectivity index (χ2n) is 5.84. The molecule has 0 radical (unpaired) electrons. The number of ketones is 1. The minimum Gasteiger partial charge on any atom is -0.334 e. The van der Waals surface area contributed by atoms with E-state index in [1.807, 2.05) is 42.1 Å². The van der Waals surface area contributed by atoms with Crippen LogP contribution in [0.5, 0.6) is 0 Å². The summed E-state index contributed by atoms with van der Waals surface area (Å²) in [5.41, 5.74) is 3.41. The van der Waals surface area contributed by atoms with Crippen molar-refractivity contribution in [1.29, 1.82) is 0 Å². The number of hydrogen-bond acceptors (Lipinski definition) is 6. The van der Waals surface area contributed by atoms with Gasteiger partial charge in [-0.05, 0) is 18.2 Å². The molecule has 4 aromatic rings. The number of imidazole rings is 1. The van der Waals surface area contributed by atoms with Crippen LogP contribution in [-0.4, -0.2) is 40.3 Å². The van der Waals surface area contributed by atoms with E-state index in [-0.39, 0.29) is 18.0 Å². The number of nitrogens with zero attached hydrogens (tertiary/aromatic N) is 7. The summed E-state index contributed by atoms with van der Waals surface area (Å²) >= 11 is 0. The molecule has 0 aliphatic heterocycles. The van der Waals surface area contributed by atoms with Crippen molar-refractivity contribution in [3.63, 3.8) is 0 Å². The fraction of sp³-hybridized carbons (Fsp3) is 0.176. The topological polar surface area (TPSA) is 91.4 Å². The van der Waals surface area contributed by atoms with Crippen molar-refractivity contribution in [3.8, 4) is 11.3 Å². The van der Waals surface area contributed by atoms with Crippen LogP contribution in [0.3, 0.4) is 0 Å². The molecule has 0 spiro atoms. The number of rotatable bonds is 4. The second-order valence-corrected chi connectivity index (χ2v) is 5.84. The highest BCUT2D eigenvalue weighted by Gasteiger charge is 2.14. The lowest BCUT2D eigenvalue weighted by Crippen LogP contribution is -2.08. The Hall–Kier alpha value is -3.42. The number of benzene rings is 1. The van der Waals surface area contributed by atoms with Gasteiger partial charge in [-0.25, -0.2) is 9.97 Å². The van der Waals surface area contributed by atoms with Crippen molar-refractivity contribution in [1.82, 2.24) is 34.5 Å². The molecule has 0 aliphatic rings. The van der Waals surface area contributed by atoms with Gasteiger partial charge in [0.1, 0.15) is 6.33 Å². The molecule has 0 bridgehead atoms. The zero-order chi connectivity index (χ0) is 17.4. The second kappa shape index (κ2) is 5.90. The predicted molar refractivity (Wildman–Crippen MR) is 90.8 cm³/mol. The van der Waals surface area contributed by atoms with Gasteiger partial charge in [-0.3, -0.25) is 9.48 Å². The van der Waals surface area contributed by atoms with E-state index in [9.17, 15) is 4.79 Å². The number of hydrogen-bond donors (Lipinski definition) is 0. The summed E-state index contributed by atoms with van der Waals surface area (Å²) in [6.45, 7) is 0. The number of carbonyl (C=O) groups excluding carboxylic acids is 1. The summed E-state index contributed by atoms with van der Waals surface area (Å²) in [7, 11) is 3.67. The highest BCUT2D eigenvalue weighted by atomic mass is 16.1. The lowest BCUT2D eigenvalue weighted by molar-refractivity contribution is 0.0981. The van der Waals surface area contributed by atoms with Gasteiger partial charge in [0.15, 0.2) is 0 Å². The maximum absolute atomic E-state index is 12.2. The fourth-order valence-corrected chi connectivity index (χ4v) is 2.68. The summed E-state index contributed by atoms with van der Waals surface area (Å²) in [4.78, 5) is 20.4. The zero-order valence-corrected chi connectivity index (χ0v) is 13.8. The lowest BCUT2D eigenvalue weighted by Gasteiger charge is -2.05. The normalized spacial score (nSPS) is 11.1. The average Bonchev–Trinajstić information content (AvgIpc) is 3.22. The molecular weight excluding hydrogens is 318 g/mol. The number of Topliss-reactive ketones (excluding diaryl/α,β-unsaturated/α-hetero) is 1. The quantitative estimate of drug-likeness (QED) is 0.527. The SMILES string of the molecule is Cn1cnc(C(=O)Cc2cc3cc(-c4cncn4C)ccc3nn2)n1. The number of aromatic nitrogens is 7. The Labute approximate surface area is 143 Å². The smallest absolute Gasteiger partial charge is 0.217 e. The van der Waals surface area contributed by atoms with Gasteiger partial charge in [0.25, 0.3) is 0 Å². The van der Waals surface area contributed by atoms with E-state index in [2.05, 4.69) is 25.3 Å². The Morgan fingerprint density at radius 2 is 2.00 bits per heavy atom. The van der Waals surface area contributed by atoms with Crippen LogP contribution in [0.4, 0.5) is 0 Å². The van der Waals surface area contributed by atoms with E-state index >= 15 is 0 Å². The van der Waals surface area contributed by atoms with Crippen LogP contribution in [0, 0.1) is 0 Å². The summed E-state index contributed by atoms with van der Waals surface area (Å²) in [6.07, 6.45) is 5.18. The van der Waals surface area contributed by atoms with Gasteiger partial charge < -0.3 is 4.57 Å². The van der Waals surface area contributed by atoms with Gasteiger partial charge in [-0.1, -0.05) is 6.07 Å². The van der Waals surface area contributed by atoms with E-state index in [1.165, 1.54) is 11.0 Å². The van der Waals surface area contributed by atoms with Crippen LogP contribution in [-0.2, 0) is 20.5 Å². The molecule has 124 valence electrons. The van der Waals surface area contributed by atoms with Crippen LogP contribution in [0.25, 0.3) is 22.2 Å². The van der Waals surface area contributed by atoms with E-state index in [0.717, 1.165) is 22.2 Å². The molecule has 0 aliphatic carbocycles. The highest BCUT2D eigenvalue weighted by molar-refractivity contribution is 5.94. The summed E-state index contributed by atoms with van der Waals surface area (Å²) in [5, 5.41) is 13.3. The van der Waals surface area contributed by atoms with Crippen molar-refractivity contribution in [2.24, 2.45) is 14.1 Å². The zero-order valence-electron chi connectivity index (χ0n) is 13.8. The minimum absolute atomic E-state index is 0.114. The van der Waals surface area contributed by atoms with Gasteiger partial charge >= 0.3 is 0 Å². The first-order chi connectivity index (χ1) is 12.1. The van der Waals surface area contributed by atoms with Crippen molar-refractivity contribution in [2.45, 2.75) is 6.42 Å². The summed E-state index contributed by atoms with van der Waals surface area (Å²) < 4.78 is 3.45. The van der Waals surface area contributed by atoms with Gasteiger partial charge in [0.2, 0.25) is 11.6 Å². The van der Waals surface area contributed by atoms with Crippen molar-refractivity contribution >= 4 is 16.7 Å². The molecule has 25 heavy (non-hydrogen) atoms. The predicted octanol–water partition coefficient (Wildman–Crippen LogP) is 1.58. The van der Waals surface area contributed by atoms with Crippen molar-refractivity contribution in [3.05, 3.63) is 54.6 Å². The Morgan fingerprint density at radius 1 is 1.12 bits per heavy atom. The van der Waals surface area contributed by atoms with E-state index in [4.69, 9.17) is 0 Å². The molecule has 0 amide bonds. The van der Waals surface area contributed by atoms with Gasteiger partial charge in [-0.15, -0.1) is 5.10 Å². The standard InChI is InChI=1S/C17H15N7O/c1-23-9-18-8-15(23)11-3-4-14-12(5-11)6-13(20-21-14)7-16(25)17-19-10-24(2)22-17/h3-6,8-10H,7H2,1-2H3. The molecule has 0 atom stereocenters. The summed E-state index contributed by atoms with van der Waals surface area (Å²) in [5.74, 6) is 0.00470. The fourth-order valence-electron chi connectivity index (χ4n) is 2.68. The molecular formula is C17H15N7O. The first-order valence-electron chi connectivity index (χ1n) is 7.72. The molecule has 0 saturated carbocycles. The number of fused-ring (bicyclic) bond motifs is 1. The van der Waals surface area contributed by atoms with E-state index in [0.29, 0.717) is 5.69 Å². The van der Waals surface area contributed by atoms with E-state index in [1.54, 1.807) is 13.4 Å². The molecule has 0 N–H and O–H groups in total. The van der Waals surface area contributed by atoms with Crippen LogP contribution in [0.1, 0.15) is 16.3 Å². The number of aryl methyl sites for hydroxylation is 2. The van der Waals surface area contributed by atoms with Crippen molar-refractivity contribution < 1.29 is 4.79 Å². The Kier molecular flexibility index (Phi) is 3.57. The molecule has 0 saturated heterocycles. The Bertz CT molecular complexity index is 1080. The Balaban J connectivity index is 1.67. The molecule has 1 aromatic carbocycles. The maximum Gasteiger partial charge on any atom is 0.217 e. The van der Waals surface area contributed by atoms with Crippen LogP contribution >= 0.6 is 0 Å². The van der Waals surface area contributed by atoms with Gasteiger partial charge in [0, 0.05) is 25.0 Å². The monoisotopic (exact) mass is 333 g/mol. The molecule has 0 unspecified atom stereocenters. The average molecular weight is 333 g/mol. The maximum atomic E-state index is 12.2. The molecule has 3 aromatic heterocycles. The molecule has 4 rings (SSSR count). The largest absolute Gasteiger partial charge is 0.334 e. The van der Waals surface area contributed by atoms with Crippen molar-refractivity contribution in [2.75, 3.05) is 0 Å². The molecule has 8 heteroatoms. The van der Waals surface area contributed by atoms with E-state index < -0.39 is 0 Å². The highest BCUT2D eigenvalue weighted by Crippen LogP contribution is 2.23. The minimum atomic E-state index is -0.183. The van der Waals surface area contributed by atoms with Crippen LogP contribution in [0.2, 0.25) is 0 Å². The molecule has 0 fully saturated rings. The van der Waals surface area contributed by atoms with Crippen LogP contribution < -0.4 is 0 Å². The van der Waals surface area contributed by atoms with Gasteiger partial charge in [-0.2, -0.15) is 10.2 Å². The lowest BCUT2D eigenvalue weighted by atomic mass is 10.1. The molecule has 3 heterocycles. The van der Waals surface area contributed by atoms with Gasteiger partial charge in [0.05, 0.1) is 35.8 Å².